The number of nitrogens with zero attached hydrogens (tertiary/aromatic N) is 1. The fourth-order valence-electron chi connectivity index (χ4n) is 5.79. The van der Waals surface area contributed by atoms with Gasteiger partial charge < -0.3 is 0 Å². The van der Waals surface area contributed by atoms with Crippen LogP contribution in [0.5, 0.6) is 0 Å². The van der Waals surface area contributed by atoms with Gasteiger partial charge in [0.1, 0.15) is 17.9 Å². The van der Waals surface area contributed by atoms with Gasteiger partial charge in [-0.1, -0.05) is 54.6 Å². The minimum atomic E-state index is -0.646. The van der Waals surface area contributed by atoms with E-state index >= 15 is 0 Å². The number of carbonyl (C=O) groups is 3. The van der Waals surface area contributed by atoms with E-state index in [1.54, 1.807) is 0 Å². The molecule has 0 aliphatic carbocycles. The van der Waals surface area contributed by atoms with Crippen molar-refractivity contribution >= 4 is 40.1 Å². The summed E-state index contributed by atoms with van der Waals surface area (Å²) in [5, 5.41) is 2.02. The molecule has 1 N–H and O–H groups in total. The van der Waals surface area contributed by atoms with Gasteiger partial charge in [0.15, 0.2) is 11.8 Å². The number of nitrogens with one attached hydrogen (secondary N) is 1. The molecule has 6 rings (SSSR count). The van der Waals surface area contributed by atoms with Gasteiger partial charge in [-0.2, -0.15) is 0 Å². The van der Waals surface area contributed by atoms with Crippen molar-refractivity contribution in [2.45, 2.75) is 19.0 Å². The van der Waals surface area contributed by atoms with Crippen molar-refractivity contribution in [3.63, 3.8) is 0 Å². The first-order chi connectivity index (χ1) is 15.1. The Morgan fingerprint density at radius 3 is 2.39 bits per heavy atom. The van der Waals surface area contributed by atoms with Crippen LogP contribution in [0.1, 0.15) is 24.1 Å². The van der Waals surface area contributed by atoms with Crippen molar-refractivity contribution in [1.82, 2.24) is 0 Å². The van der Waals surface area contributed by atoms with Gasteiger partial charge in [-0.3, -0.25) is 19.3 Å². The molecule has 1 unspecified atom stereocenters. The van der Waals surface area contributed by atoms with Crippen LogP contribution in [0, 0.1) is 11.8 Å². The molecule has 3 aromatic carbocycles. The van der Waals surface area contributed by atoms with Crippen LogP contribution in [0.3, 0.4) is 0 Å². The van der Waals surface area contributed by atoms with Crippen LogP contribution in [0.25, 0.3) is 16.8 Å². The maximum absolute atomic E-state index is 13.7. The van der Waals surface area contributed by atoms with Crippen LogP contribution in [0.2, 0.25) is 0 Å². The van der Waals surface area contributed by atoms with Crippen molar-refractivity contribution in [2.75, 3.05) is 4.90 Å². The predicted molar refractivity (Wildman–Crippen MR) is 117 cm³/mol. The number of anilines is 1. The van der Waals surface area contributed by atoms with Crippen molar-refractivity contribution in [1.29, 1.82) is 0 Å². The summed E-state index contributed by atoms with van der Waals surface area (Å²) < 4.78 is 0. The highest BCUT2D eigenvalue weighted by Crippen LogP contribution is 2.45. The van der Waals surface area contributed by atoms with E-state index in [2.05, 4.69) is 0 Å². The first-order valence-electron chi connectivity index (χ1n) is 10.6. The largest absolute Gasteiger partial charge is 0.293 e. The number of benzene rings is 3. The molecule has 2 amide bonds. The van der Waals surface area contributed by atoms with E-state index in [1.807, 2.05) is 79.0 Å². The topological polar surface area (TPSA) is 58.9 Å². The van der Waals surface area contributed by atoms with Gasteiger partial charge in [0.2, 0.25) is 11.8 Å². The predicted octanol–water partition coefficient (Wildman–Crippen LogP) is 2.53. The lowest BCUT2D eigenvalue weighted by molar-refractivity contribution is -0.884. The lowest BCUT2D eigenvalue weighted by atomic mass is 9.84. The Balaban J connectivity index is 1.49. The second-order valence-electron chi connectivity index (χ2n) is 8.62. The van der Waals surface area contributed by atoms with E-state index in [0.29, 0.717) is 5.69 Å². The molecule has 0 radical (unpaired) electrons. The molecular formula is C26H21N2O3+. The second-order valence-corrected chi connectivity index (χ2v) is 8.62. The van der Waals surface area contributed by atoms with E-state index in [9.17, 15) is 14.4 Å². The Bertz CT molecular complexity index is 1310. The van der Waals surface area contributed by atoms with Gasteiger partial charge >= 0.3 is 0 Å². The number of hydrogen-bond donors (Lipinski definition) is 1. The molecule has 0 aromatic heterocycles. The summed E-state index contributed by atoms with van der Waals surface area (Å²) in [6.45, 7) is 1.53. The number of carbonyl (C=O) groups excluding carboxylic acids is 3. The summed E-state index contributed by atoms with van der Waals surface area (Å²) >= 11 is 0. The minimum Gasteiger partial charge on any atom is -0.293 e. The van der Waals surface area contributed by atoms with Gasteiger partial charge in [0.05, 0.1) is 11.9 Å². The van der Waals surface area contributed by atoms with E-state index in [1.165, 1.54) is 11.8 Å². The molecule has 3 aliphatic heterocycles. The highest BCUT2D eigenvalue weighted by atomic mass is 16.2. The van der Waals surface area contributed by atoms with Crippen LogP contribution in [-0.2, 0) is 14.4 Å². The average molecular weight is 409 g/mol. The number of rotatable bonds is 2. The summed E-state index contributed by atoms with van der Waals surface area (Å²) in [7, 11) is 0. The van der Waals surface area contributed by atoms with Gasteiger partial charge in [0.25, 0.3) is 0 Å². The molecular weight excluding hydrogens is 388 g/mol. The summed E-state index contributed by atoms with van der Waals surface area (Å²) in [5.41, 5.74) is 2.65. The molecule has 0 spiro atoms. The normalized spacial score (nSPS) is 28.5. The molecule has 0 bridgehead atoms. The summed E-state index contributed by atoms with van der Waals surface area (Å²) in [6, 6.07) is 20.7. The lowest BCUT2D eigenvalue weighted by Crippen LogP contribution is -3.12. The Hall–Kier alpha value is -3.57. The van der Waals surface area contributed by atoms with Crippen molar-refractivity contribution < 1.29 is 19.3 Å². The zero-order valence-electron chi connectivity index (χ0n) is 17.0. The number of imide groups is 1. The minimum absolute atomic E-state index is 0.0574. The first kappa shape index (κ1) is 18.2. The van der Waals surface area contributed by atoms with Crippen LogP contribution < -0.4 is 9.80 Å². The molecule has 2 saturated heterocycles. The van der Waals surface area contributed by atoms with Gasteiger partial charge in [0, 0.05) is 12.5 Å². The maximum atomic E-state index is 13.7. The third-order valence-electron chi connectivity index (χ3n) is 7.05. The van der Waals surface area contributed by atoms with Crippen molar-refractivity contribution in [3.05, 3.63) is 84.1 Å². The van der Waals surface area contributed by atoms with Crippen LogP contribution >= 0.6 is 0 Å². The van der Waals surface area contributed by atoms with E-state index in [4.69, 9.17) is 0 Å². The van der Waals surface area contributed by atoms with Crippen molar-refractivity contribution in [3.8, 4) is 0 Å². The Morgan fingerprint density at radius 2 is 1.58 bits per heavy atom. The summed E-state index contributed by atoms with van der Waals surface area (Å²) in [6.07, 6.45) is 3.95. The molecule has 0 saturated carbocycles. The number of fused-ring (bicyclic) bond motifs is 6. The Kier molecular flexibility index (Phi) is 3.80. The molecule has 3 heterocycles. The second kappa shape index (κ2) is 6.46. The molecule has 152 valence electrons. The van der Waals surface area contributed by atoms with E-state index in [0.717, 1.165) is 26.8 Å². The van der Waals surface area contributed by atoms with Gasteiger partial charge in [-0.15, -0.1) is 0 Å². The number of quaternary nitrogens is 1. The van der Waals surface area contributed by atoms with E-state index < -0.39 is 17.9 Å². The van der Waals surface area contributed by atoms with Gasteiger partial charge in [-0.05, 0) is 34.5 Å². The zero-order valence-corrected chi connectivity index (χ0v) is 17.0. The first-order valence-corrected chi connectivity index (χ1v) is 10.6. The van der Waals surface area contributed by atoms with Crippen LogP contribution in [0.15, 0.2) is 72.9 Å². The number of ketones is 1. The fourth-order valence-corrected chi connectivity index (χ4v) is 5.79. The maximum Gasteiger partial charge on any atom is 0.244 e. The molecule has 5 nitrogen and oxygen atoms in total. The highest BCUT2D eigenvalue weighted by molar-refractivity contribution is 6.24. The third-order valence-corrected chi connectivity index (χ3v) is 7.05. The molecule has 31 heavy (non-hydrogen) atoms. The SMILES string of the molecule is CC(=O)[C@H]1[C@@H]2C(=O)N(c3ccc4ccccc4c3)C(=O)[C@@H]2[C@@H]2c3ccccc3C=C[NH+]12. The number of hydrogen-bond acceptors (Lipinski definition) is 3. The van der Waals surface area contributed by atoms with Crippen molar-refractivity contribution in [2.24, 2.45) is 11.8 Å². The monoisotopic (exact) mass is 409 g/mol. The smallest absolute Gasteiger partial charge is 0.244 e. The summed E-state index contributed by atoms with van der Waals surface area (Å²) in [5.74, 6) is -1.72. The third kappa shape index (κ3) is 2.44. The van der Waals surface area contributed by atoms with Crippen LogP contribution in [-0.4, -0.2) is 23.6 Å². The standard InChI is InChI=1S/C26H20N2O3/c1-15(29)23-21-22(24-20-9-5-4-7-17(20)12-13-27(23)24)26(31)28(25(21)30)19-11-10-16-6-2-3-8-18(16)14-19/h2-14,21-24H,1H3/p+1/t21-,22+,23+,24+/m1/s1. The zero-order chi connectivity index (χ0) is 21.3. The average Bonchev–Trinajstić information content (AvgIpc) is 3.26. The van der Waals surface area contributed by atoms with Gasteiger partial charge in [-0.25, -0.2) is 4.90 Å². The Morgan fingerprint density at radius 1 is 0.871 bits per heavy atom. The van der Waals surface area contributed by atoms with Crippen LogP contribution in [0.4, 0.5) is 5.69 Å². The molecule has 3 aliphatic rings. The quantitative estimate of drug-likeness (QED) is 0.662. The molecule has 3 aromatic rings. The summed E-state index contributed by atoms with van der Waals surface area (Å²) in [4.78, 5) is 42.3. The molecule has 5 atom stereocenters. The molecule has 5 heteroatoms. The number of amides is 2. The Labute approximate surface area is 179 Å². The number of Topliss-reactive ketones (excluding diaryl/α,β-unsaturated/α-hetero) is 1. The highest BCUT2D eigenvalue weighted by Gasteiger charge is 2.67. The fraction of sp³-hybridized carbons (Fsp3) is 0.192. The van der Waals surface area contributed by atoms with E-state index in [-0.39, 0.29) is 23.6 Å². The molecule has 2 fully saturated rings. The lowest BCUT2D eigenvalue weighted by Gasteiger charge is -2.30.